The van der Waals surface area contributed by atoms with Gasteiger partial charge in [0.05, 0.1) is 5.56 Å². The standard InChI is InChI=1S/C15H12O5/c1-10(16)19-13-6-2-11(3-7-13)15(18)20-14-8-4-12(17)5-9-14/h2-9,17H,1H3. The fourth-order valence-electron chi connectivity index (χ4n) is 1.51. The molecule has 0 saturated heterocycles. The number of carbonyl (C=O) groups excluding carboxylic acids is 2. The summed E-state index contributed by atoms with van der Waals surface area (Å²) in [5.74, 6) is -0.180. The first-order valence-electron chi connectivity index (χ1n) is 5.84. The van der Waals surface area contributed by atoms with Crippen LogP contribution >= 0.6 is 0 Å². The Morgan fingerprint density at radius 1 is 0.850 bits per heavy atom. The summed E-state index contributed by atoms with van der Waals surface area (Å²) in [6.45, 7) is 1.30. The lowest BCUT2D eigenvalue weighted by atomic mass is 10.2. The van der Waals surface area contributed by atoms with Crippen LogP contribution in [0.4, 0.5) is 0 Å². The zero-order chi connectivity index (χ0) is 14.5. The van der Waals surface area contributed by atoms with Crippen molar-refractivity contribution in [3.05, 3.63) is 54.1 Å². The minimum Gasteiger partial charge on any atom is -0.508 e. The van der Waals surface area contributed by atoms with Crippen molar-refractivity contribution < 1.29 is 24.2 Å². The van der Waals surface area contributed by atoms with Crippen LogP contribution in [0.1, 0.15) is 17.3 Å². The predicted molar refractivity (Wildman–Crippen MR) is 70.8 cm³/mol. The molecule has 1 N–H and O–H groups in total. The highest BCUT2D eigenvalue weighted by molar-refractivity contribution is 5.91. The molecule has 0 aliphatic carbocycles. The van der Waals surface area contributed by atoms with Crippen molar-refractivity contribution in [2.24, 2.45) is 0 Å². The molecular weight excluding hydrogens is 260 g/mol. The average molecular weight is 272 g/mol. The Morgan fingerprint density at radius 2 is 1.35 bits per heavy atom. The first-order valence-corrected chi connectivity index (χ1v) is 5.84. The monoisotopic (exact) mass is 272 g/mol. The molecule has 0 bridgehead atoms. The van der Waals surface area contributed by atoms with Crippen LogP contribution in [0.25, 0.3) is 0 Å². The van der Waals surface area contributed by atoms with Gasteiger partial charge in [-0.1, -0.05) is 0 Å². The van der Waals surface area contributed by atoms with Crippen LogP contribution in [0.5, 0.6) is 17.2 Å². The van der Waals surface area contributed by atoms with Gasteiger partial charge in [0.2, 0.25) is 0 Å². The number of hydrogen-bond acceptors (Lipinski definition) is 5. The summed E-state index contributed by atoms with van der Waals surface area (Å²) in [4.78, 5) is 22.6. The number of esters is 2. The van der Waals surface area contributed by atoms with Crippen molar-refractivity contribution in [2.75, 3.05) is 0 Å². The second-order valence-corrected chi connectivity index (χ2v) is 4.00. The lowest BCUT2D eigenvalue weighted by Crippen LogP contribution is -2.08. The molecule has 2 rings (SSSR count). The van der Waals surface area contributed by atoms with Gasteiger partial charge in [0, 0.05) is 6.92 Å². The quantitative estimate of drug-likeness (QED) is 0.686. The topological polar surface area (TPSA) is 72.8 Å². The maximum atomic E-state index is 11.8. The first-order chi connectivity index (χ1) is 9.54. The summed E-state index contributed by atoms with van der Waals surface area (Å²) >= 11 is 0. The minimum atomic E-state index is -0.537. The second kappa shape index (κ2) is 5.88. The van der Waals surface area contributed by atoms with E-state index in [-0.39, 0.29) is 5.75 Å². The highest BCUT2D eigenvalue weighted by atomic mass is 16.5. The number of hydrogen-bond donors (Lipinski definition) is 1. The molecule has 0 heterocycles. The highest BCUT2D eigenvalue weighted by Gasteiger charge is 2.09. The van der Waals surface area contributed by atoms with Crippen LogP contribution in [0.3, 0.4) is 0 Å². The minimum absolute atomic E-state index is 0.0931. The van der Waals surface area contributed by atoms with Gasteiger partial charge in [-0.25, -0.2) is 4.79 Å². The summed E-state index contributed by atoms with van der Waals surface area (Å²) in [6.07, 6.45) is 0. The van der Waals surface area contributed by atoms with Gasteiger partial charge in [-0.2, -0.15) is 0 Å². The van der Waals surface area contributed by atoms with E-state index in [1.807, 2.05) is 0 Å². The molecule has 5 nitrogen and oxygen atoms in total. The van der Waals surface area contributed by atoms with Gasteiger partial charge in [0.15, 0.2) is 0 Å². The summed E-state index contributed by atoms with van der Waals surface area (Å²) in [6, 6.07) is 11.8. The van der Waals surface area contributed by atoms with E-state index in [0.29, 0.717) is 17.1 Å². The van der Waals surface area contributed by atoms with Crippen molar-refractivity contribution in [1.82, 2.24) is 0 Å². The molecule has 0 atom stereocenters. The number of benzene rings is 2. The normalized spacial score (nSPS) is 9.85. The second-order valence-electron chi connectivity index (χ2n) is 4.00. The van der Waals surface area contributed by atoms with E-state index in [2.05, 4.69) is 0 Å². The maximum Gasteiger partial charge on any atom is 0.343 e. The number of rotatable bonds is 3. The third-order valence-corrected chi connectivity index (χ3v) is 2.40. The predicted octanol–water partition coefficient (Wildman–Crippen LogP) is 2.54. The van der Waals surface area contributed by atoms with Crippen molar-refractivity contribution in [3.8, 4) is 17.2 Å². The lowest BCUT2D eigenvalue weighted by molar-refractivity contribution is -0.131. The van der Waals surface area contributed by atoms with E-state index in [9.17, 15) is 9.59 Å². The van der Waals surface area contributed by atoms with Gasteiger partial charge in [-0.3, -0.25) is 4.79 Å². The van der Waals surface area contributed by atoms with E-state index >= 15 is 0 Å². The number of carbonyl (C=O) groups is 2. The van der Waals surface area contributed by atoms with Gasteiger partial charge in [-0.15, -0.1) is 0 Å². The number of phenols is 1. The van der Waals surface area contributed by atoms with Crippen molar-refractivity contribution in [1.29, 1.82) is 0 Å². The van der Waals surface area contributed by atoms with Crippen LogP contribution in [0.15, 0.2) is 48.5 Å². The molecule has 0 aromatic heterocycles. The largest absolute Gasteiger partial charge is 0.508 e. The molecule has 20 heavy (non-hydrogen) atoms. The smallest absolute Gasteiger partial charge is 0.343 e. The molecule has 102 valence electrons. The van der Waals surface area contributed by atoms with Crippen LogP contribution < -0.4 is 9.47 Å². The van der Waals surface area contributed by atoms with Crippen LogP contribution in [-0.4, -0.2) is 17.0 Å². The van der Waals surface area contributed by atoms with E-state index in [0.717, 1.165) is 0 Å². The van der Waals surface area contributed by atoms with Gasteiger partial charge in [0.1, 0.15) is 17.2 Å². The Balaban J connectivity index is 2.05. The Kier molecular flexibility index (Phi) is 4.00. The molecule has 0 spiro atoms. The molecule has 0 aliphatic heterocycles. The number of ether oxygens (including phenoxy) is 2. The summed E-state index contributed by atoms with van der Waals surface area (Å²) in [7, 11) is 0. The number of phenolic OH excluding ortho intramolecular Hbond substituents is 1. The molecule has 2 aromatic carbocycles. The van der Waals surface area contributed by atoms with Crippen LogP contribution in [0, 0.1) is 0 Å². The highest BCUT2D eigenvalue weighted by Crippen LogP contribution is 2.18. The molecule has 0 unspecified atom stereocenters. The Morgan fingerprint density at radius 3 is 1.90 bits per heavy atom. The SMILES string of the molecule is CC(=O)Oc1ccc(C(=O)Oc2ccc(O)cc2)cc1. The molecule has 0 aliphatic rings. The van der Waals surface area contributed by atoms with Crippen molar-refractivity contribution in [3.63, 3.8) is 0 Å². The Hall–Kier alpha value is -2.82. The Bertz CT molecular complexity index is 614. The molecule has 0 amide bonds. The third-order valence-electron chi connectivity index (χ3n) is 2.40. The molecule has 2 aromatic rings. The van der Waals surface area contributed by atoms with Gasteiger partial charge < -0.3 is 14.6 Å². The van der Waals surface area contributed by atoms with Crippen molar-refractivity contribution >= 4 is 11.9 Å². The van der Waals surface area contributed by atoms with E-state index < -0.39 is 11.9 Å². The zero-order valence-electron chi connectivity index (χ0n) is 10.7. The maximum absolute atomic E-state index is 11.8. The van der Waals surface area contributed by atoms with E-state index in [4.69, 9.17) is 14.6 Å². The summed E-state index contributed by atoms with van der Waals surface area (Å²) in [5.41, 5.74) is 0.328. The van der Waals surface area contributed by atoms with Gasteiger partial charge in [0.25, 0.3) is 0 Å². The first kappa shape index (κ1) is 13.6. The fourth-order valence-corrected chi connectivity index (χ4v) is 1.51. The van der Waals surface area contributed by atoms with Crippen LogP contribution in [0.2, 0.25) is 0 Å². The summed E-state index contributed by atoms with van der Waals surface area (Å²) in [5, 5.41) is 9.13. The Labute approximate surface area is 115 Å². The van der Waals surface area contributed by atoms with E-state index in [1.54, 1.807) is 0 Å². The molecule has 5 heteroatoms. The molecule has 0 fully saturated rings. The lowest BCUT2D eigenvalue weighted by Gasteiger charge is -2.05. The van der Waals surface area contributed by atoms with Gasteiger partial charge in [-0.05, 0) is 48.5 Å². The van der Waals surface area contributed by atoms with E-state index in [1.165, 1.54) is 55.5 Å². The number of aromatic hydroxyl groups is 1. The third kappa shape index (κ3) is 3.58. The molecule has 0 radical (unpaired) electrons. The molecule has 0 saturated carbocycles. The molecular formula is C15H12O5. The van der Waals surface area contributed by atoms with Gasteiger partial charge >= 0.3 is 11.9 Å². The average Bonchev–Trinajstić information content (AvgIpc) is 2.41. The zero-order valence-corrected chi connectivity index (χ0v) is 10.7. The fraction of sp³-hybridized carbons (Fsp3) is 0.0667. The van der Waals surface area contributed by atoms with Crippen LogP contribution in [-0.2, 0) is 4.79 Å². The van der Waals surface area contributed by atoms with Crippen molar-refractivity contribution in [2.45, 2.75) is 6.92 Å². The summed E-state index contributed by atoms with van der Waals surface area (Å²) < 4.78 is 9.98.